The summed E-state index contributed by atoms with van der Waals surface area (Å²) in [5, 5.41) is 2.88. The highest BCUT2D eigenvalue weighted by Gasteiger charge is 2.33. The number of amides is 1. The van der Waals surface area contributed by atoms with Crippen LogP contribution < -0.4 is 10.1 Å². The third-order valence-corrected chi connectivity index (χ3v) is 3.11. The third-order valence-electron chi connectivity index (χ3n) is 3.11. The summed E-state index contributed by atoms with van der Waals surface area (Å²) in [5.74, 6) is 0.180. The number of carbonyl (C=O) groups excluding carboxylic acids is 1. The molecule has 0 bridgehead atoms. The van der Waals surface area contributed by atoms with E-state index in [2.05, 4.69) is 10.1 Å². The van der Waals surface area contributed by atoms with Crippen molar-refractivity contribution in [1.82, 2.24) is 5.32 Å². The SMILES string of the molecule is CC1(Cc2ccccc2OC(F)F)CCC(=O)N1. The molecule has 1 N–H and O–H groups in total. The smallest absolute Gasteiger partial charge is 0.387 e. The van der Waals surface area contributed by atoms with Gasteiger partial charge >= 0.3 is 6.61 Å². The highest BCUT2D eigenvalue weighted by atomic mass is 19.3. The van der Waals surface area contributed by atoms with Crippen LogP contribution in [-0.4, -0.2) is 18.1 Å². The first-order valence-corrected chi connectivity index (χ1v) is 5.82. The van der Waals surface area contributed by atoms with Crippen molar-refractivity contribution in [2.24, 2.45) is 0 Å². The van der Waals surface area contributed by atoms with Crippen LogP contribution in [0.1, 0.15) is 25.3 Å². The zero-order valence-electron chi connectivity index (χ0n) is 10.1. The summed E-state index contributed by atoms with van der Waals surface area (Å²) in [6.45, 7) is -0.922. The molecule has 1 aliphatic heterocycles. The summed E-state index contributed by atoms with van der Waals surface area (Å²) in [5.41, 5.74) is 0.307. The van der Waals surface area contributed by atoms with Crippen molar-refractivity contribution in [1.29, 1.82) is 0 Å². The van der Waals surface area contributed by atoms with Gasteiger partial charge in [-0.05, 0) is 31.4 Å². The largest absolute Gasteiger partial charge is 0.435 e. The van der Waals surface area contributed by atoms with Gasteiger partial charge in [0.1, 0.15) is 5.75 Å². The number of rotatable bonds is 4. The molecule has 1 fully saturated rings. The highest BCUT2D eigenvalue weighted by Crippen LogP contribution is 2.29. The molecule has 1 unspecified atom stereocenters. The van der Waals surface area contributed by atoms with Crippen LogP contribution in [0.4, 0.5) is 8.78 Å². The summed E-state index contributed by atoms with van der Waals surface area (Å²) in [6, 6.07) is 6.68. The van der Waals surface area contributed by atoms with Gasteiger partial charge in [0.25, 0.3) is 0 Å². The molecule has 0 saturated carbocycles. The Morgan fingerprint density at radius 2 is 2.17 bits per heavy atom. The van der Waals surface area contributed by atoms with Crippen LogP contribution in [0.3, 0.4) is 0 Å². The molecule has 18 heavy (non-hydrogen) atoms. The highest BCUT2D eigenvalue weighted by molar-refractivity contribution is 5.79. The van der Waals surface area contributed by atoms with Crippen LogP contribution in [0.15, 0.2) is 24.3 Å². The molecule has 1 aromatic rings. The predicted octanol–water partition coefficient (Wildman–Crippen LogP) is 2.50. The van der Waals surface area contributed by atoms with Gasteiger partial charge in [-0.25, -0.2) is 0 Å². The Hall–Kier alpha value is -1.65. The Morgan fingerprint density at radius 3 is 2.78 bits per heavy atom. The molecule has 0 radical (unpaired) electrons. The van der Waals surface area contributed by atoms with Gasteiger partial charge in [-0.3, -0.25) is 4.79 Å². The van der Waals surface area contributed by atoms with E-state index >= 15 is 0 Å². The summed E-state index contributed by atoms with van der Waals surface area (Å²) in [4.78, 5) is 11.2. The molecular formula is C13H15F2NO2. The standard InChI is InChI=1S/C13H15F2NO2/c1-13(7-6-11(17)16-13)8-9-4-2-3-5-10(9)18-12(14)15/h2-5,12H,6-8H2,1H3,(H,16,17). The lowest BCUT2D eigenvalue weighted by Gasteiger charge is -2.25. The minimum absolute atomic E-state index is 0.00441. The van der Waals surface area contributed by atoms with Crippen molar-refractivity contribution in [3.05, 3.63) is 29.8 Å². The van der Waals surface area contributed by atoms with Gasteiger partial charge in [-0.15, -0.1) is 0 Å². The quantitative estimate of drug-likeness (QED) is 0.897. The van der Waals surface area contributed by atoms with E-state index in [1.807, 2.05) is 6.92 Å². The number of hydrogen-bond acceptors (Lipinski definition) is 2. The van der Waals surface area contributed by atoms with Crippen molar-refractivity contribution in [2.75, 3.05) is 0 Å². The van der Waals surface area contributed by atoms with E-state index < -0.39 is 6.61 Å². The Morgan fingerprint density at radius 1 is 1.44 bits per heavy atom. The van der Waals surface area contributed by atoms with E-state index in [9.17, 15) is 13.6 Å². The molecule has 1 saturated heterocycles. The van der Waals surface area contributed by atoms with E-state index in [0.29, 0.717) is 24.8 Å². The lowest BCUT2D eigenvalue weighted by Crippen LogP contribution is -2.40. The number of ether oxygens (including phenoxy) is 1. The zero-order valence-corrected chi connectivity index (χ0v) is 10.1. The minimum atomic E-state index is -2.84. The van der Waals surface area contributed by atoms with E-state index in [1.54, 1.807) is 18.2 Å². The second-order valence-corrected chi connectivity index (χ2v) is 4.77. The molecule has 5 heteroatoms. The van der Waals surface area contributed by atoms with Crippen LogP contribution in [0.25, 0.3) is 0 Å². The molecule has 3 nitrogen and oxygen atoms in total. The van der Waals surface area contributed by atoms with E-state index in [1.165, 1.54) is 6.07 Å². The average Bonchev–Trinajstić information content (AvgIpc) is 2.61. The van der Waals surface area contributed by atoms with Gasteiger partial charge in [0.2, 0.25) is 5.91 Å². The molecule has 1 aliphatic rings. The second kappa shape index (κ2) is 4.92. The topological polar surface area (TPSA) is 38.3 Å². The average molecular weight is 255 g/mol. The Kier molecular flexibility index (Phi) is 3.50. The predicted molar refractivity (Wildman–Crippen MR) is 62.6 cm³/mol. The van der Waals surface area contributed by atoms with Gasteiger partial charge in [0.15, 0.2) is 0 Å². The van der Waals surface area contributed by atoms with Crippen molar-refractivity contribution >= 4 is 5.91 Å². The monoisotopic (exact) mass is 255 g/mol. The van der Waals surface area contributed by atoms with Crippen LogP contribution in [0, 0.1) is 0 Å². The van der Waals surface area contributed by atoms with Gasteiger partial charge in [0, 0.05) is 12.0 Å². The summed E-state index contributed by atoms with van der Waals surface area (Å²) >= 11 is 0. The first-order valence-electron chi connectivity index (χ1n) is 5.82. The number of nitrogens with one attached hydrogen (secondary N) is 1. The molecule has 0 spiro atoms. The molecular weight excluding hydrogens is 240 g/mol. The van der Waals surface area contributed by atoms with Crippen LogP contribution in [-0.2, 0) is 11.2 Å². The first kappa shape index (κ1) is 12.8. The van der Waals surface area contributed by atoms with E-state index in [4.69, 9.17) is 0 Å². The van der Waals surface area contributed by atoms with Crippen molar-refractivity contribution in [2.45, 2.75) is 38.3 Å². The molecule has 1 aromatic carbocycles. The Balaban J connectivity index is 2.16. The van der Waals surface area contributed by atoms with Crippen molar-refractivity contribution in [3.63, 3.8) is 0 Å². The summed E-state index contributed by atoms with van der Waals surface area (Å²) in [6.07, 6.45) is 1.67. The molecule has 1 heterocycles. The maximum absolute atomic E-state index is 12.3. The second-order valence-electron chi connectivity index (χ2n) is 4.77. The molecule has 1 atom stereocenters. The zero-order chi connectivity index (χ0) is 13.2. The minimum Gasteiger partial charge on any atom is -0.435 e. The van der Waals surface area contributed by atoms with Crippen LogP contribution in [0.2, 0.25) is 0 Å². The number of carbonyl (C=O) groups is 1. The van der Waals surface area contributed by atoms with Gasteiger partial charge in [-0.1, -0.05) is 18.2 Å². The lowest BCUT2D eigenvalue weighted by molar-refractivity contribution is -0.119. The van der Waals surface area contributed by atoms with Crippen molar-refractivity contribution < 1.29 is 18.3 Å². The summed E-state index contributed by atoms with van der Waals surface area (Å²) < 4.78 is 29.0. The number of halogens is 2. The molecule has 2 rings (SSSR count). The fourth-order valence-corrected chi connectivity index (χ4v) is 2.26. The molecule has 0 aliphatic carbocycles. The first-order chi connectivity index (χ1) is 8.48. The number of alkyl halides is 2. The van der Waals surface area contributed by atoms with E-state index in [0.717, 1.165) is 0 Å². The lowest BCUT2D eigenvalue weighted by atomic mass is 9.91. The van der Waals surface area contributed by atoms with Crippen LogP contribution in [0.5, 0.6) is 5.75 Å². The normalized spacial score (nSPS) is 23.2. The van der Waals surface area contributed by atoms with E-state index in [-0.39, 0.29) is 17.2 Å². The fourth-order valence-electron chi connectivity index (χ4n) is 2.26. The van der Waals surface area contributed by atoms with Gasteiger partial charge in [0.05, 0.1) is 0 Å². The van der Waals surface area contributed by atoms with Gasteiger partial charge in [-0.2, -0.15) is 8.78 Å². The summed E-state index contributed by atoms with van der Waals surface area (Å²) in [7, 11) is 0. The fraction of sp³-hybridized carbons (Fsp3) is 0.462. The molecule has 1 amide bonds. The Bertz CT molecular complexity index is 450. The Labute approximate surface area is 104 Å². The number of benzene rings is 1. The van der Waals surface area contributed by atoms with Gasteiger partial charge < -0.3 is 10.1 Å². The number of hydrogen-bond donors (Lipinski definition) is 1. The molecule has 98 valence electrons. The van der Waals surface area contributed by atoms with Crippen LogP contribution >= 0.6 is 0 Å². The maximum Gasteiger partial charge on any atom is 0.387 e. The van der Waals surface area contributed by atoms with Crippen molar-refractivity contribution in [3.8, 4) is 5.75 Å². The third kappa shape index (κ3) is 2.97. The number of para-hydroxylation sites is 1. The maximum atomic E-state index is 12.3. The molecule has 0 aromatic heterocycles.